The normalized spacial score (nSPS) is 11.4. The van der Waals surface area contributed by atoms with Gasteiger partial charge in [-0.1, -0.05) is 48.0 Å². The molecule has 0 spiro atoms. The molecule has 0 rings (SSSR count). The summed E-state index contributed by atoms with van der Waals surface area (Å²) in [5.41, 5.74) is 0. The van der Waals surface area contributed by atoms with Crippen molar-refractivity contribution in [1.82, 2.24) is 0 Å². The van der Waals surface area contributed by atoms with E-state index in [9.17, 15) is 13.2 Å². The van der Waals surface area contributed by atoms with Crippen molar-refractivity contribution in [1.29, 1.82) is 0 Å². The van der Waals surface area contributed by atoms with Gasteiger partial charge < -0.3 is 4.74 Å². The summed E-state index contributed by atoms with van der Waals surface area (Å²) in [5.74, 6) is -1.08. The van der Waals surface area contributed by atoms with Gasteiger partial charge in [-0.05, 0) is 12.8 Å². The number of sulfone groups is 1. The van der Waals surface area contributed by atoms with E-state index in [1.807, 2.05) is 0 Å². The number of esters is 1. The van der Waals surface area contributed by atoms with E-state index in [2.05, 4.69) is 20.7 Å². The van der Waals surface area contributed by atoms with E-state index in [4.69, 9.17) is 0 Å². The Balaban J connectivity index is 3.50. The number of hydrogen-bond donors (Lipinski definition) is 0. The van der Waals surface area contributed by atoms with Crippen molar-refractivity contribution in [2.24, 2.45) is 0 Å². The maximum atomic E-state index is 11.5. The van der Waals surface area contributed by atoms with Crippen molar-refractivity contribution in [2.45, 2.75) is 44.9 Å². The molecule has 0 atom stereocenters. The molecule has 0 saturated carbocycles. The molecule has 0 heterocycles. The molecular weight excluding hydrogens is 320 g/mol. The van der Waals surface area contributed by atoms with Gasteiger partial charge in [0.1, 0.15) is 5.75 Å². The molecule has 0 bridgehead atoms. The number of unbranched alkanes of at least 4 members (excludes halogenated alkanes) is 6. The van der Waals surface area contributed by atoms with E-state index in [-0.39, 0.29) is 5.75 Å². The zero-order valence-corrected chi connectivity index (χ0v) is 13.4. The highest BCUT2D eigenvalue weighted by molar-refractivity contribution is 9.09. The monoisotopic (exact) mass is 342 g/mol. The largest absolute Gasteiger partial charge is 0.468 e. The molecule has 0 aromatic rings. The number of halogens is 1. The lowest BCUT2D eigenvalue weighted by atomic mass is 10.1. The van der Waals surface area contributed by atoms with Crippen LogP contribution in [0.15, 0.2) is 0 Å². The zero-order chi connectivity index (χ0) is 13.9. The van der Waals surface area contributed by atoms with Crippen LogP contribution in [0.2, 0.25) is 0 Å². The zero-order valence-electron chi connectivity index (χ0n) is 11.0. The Morgan fingerprint density at radius 1 is 1.00 bits per heavy atom. The molecule has 0 aromatic heterocycles. The van der Waals surface area contributed by atoms with Crippen LogP contribution in [0.4, 0.5) is 0 Å². The molecule has 0 aliphatic rings. The summed E-state index contributed by atoms with van der Waals surface area (Å²) in [6, 6.07) is 0. The summed E-state index contributed by atoms with van der Waals surface area (Å²) in [6.07, 6.45) is 7.41. The SMILES string of the molecule is COC(=O)CS(=O)(=O)CCCCCCCCCBr. The van der Waals surface area contributed by atoms with Crippen LogP contribution in [0, 0.1) is 0 Å². The molecular formula is C12H23BrO4S. The summed E-state index contributed by atoms with van der Waals surface area (Å²) in [4.78, 5) is 10.9. The lowest BCUT2D eigenvalue weighted by Crippen LogP contribution is -2.19. The van der Waals surface area contributed by atoms with Crippen LogP contribution < -0.4 is 0 Å². The molecule has 0 aromatic carbocycles. The van der Waals surface area contributed by atoms with Crippen molar-refractivity contribution in [3.05, 3.63) is 0 Å². The predicted octanol–water partition coefficient (Wildman–Crippen LogP) is 2.70. The van der Waals surface area contributed by atoms with Crippen LogP contribution in [0.25, 0.3) is 0 Å². The molecule has 0 radical (unpaired) electrons. The quantitative estimate of drug-likeness (QED) is 0.329. The number of alkyl halides is 1. The number of carbonyl (C=O) groups is 1. The highest BCUT2D eigenvalue weighted by Gasteiger charge is 2.16. The molecule has 0 saturated heterocycles. The van der Waals surface area contributed by atoms with Crippen LogP contribution in [-0.2, 0) is 19.4 Å². The second-order valence-corrected chi connectivity index (χ2v) is 7.31. The molecule has 0 aliphatic heterocycles. The average Bonchev–Trinajstić information content (AvgIpc) is 2.31. The van der Waals surface area contributed by atoms with Crippen molar-refractivity contribution in [2.75, 3.05) is 23.9 Å². The fraction of sp³-hybridized carbons (Fsp3) is 0.917. The van der Waals surface area contributed by atoms with Crippen LogP contribution in [0.5, 0.6) is 0 Å². The Bertz CT molecular complexity index is 314. The van der Waals surface area contributed by atoms with Crippen molar-refractivity contribution in [3.8, 4) is 0 Å². The van der Waals surface area contributed by atoms with Crippen LogP contribution in [-0.4, -0.2) is 38.3 Å². The molecule has 4 nitrogen and oxygen atoms in total. The molecule has 0 amide bonds. The summed E-state index contributed by atoms with van der Waals surface area (Å²) >= 11 is 3.39. The minimum absolute atomic E-state index is 0.0868. The minimum atomic E-state index is -3.28. The summed E-state index contributed by atoms with van der Waals surface area (Å²) in [5, 5.41) is 1.05. The van der Waals surface area contributed by atoms with Crippen molar-refractivity contribution >= 4 is 31.7 Å². The number of methoxy groups -OCH3 is 1. The first kappa shape index (κ1) is 17.9. The van der Waals surface area contributed by atoms with Crippen LogP contribution >= 0.6 is 15.9 Å². The van der Waals surface area contributed by atoms with Gasteiger partial charge in [0.25, 0.3) is 0 Å². The smallest absolute Gasteiger partial charge is 0.320 e. The third-order valence-electron chi connectivity index (χ3n) is 2.65. The number of rotatable bonds is 11. The number of hydrogen-bond acceptors (Lipinski definition) is 4. The van der Waals surface area contributed by atoms with Crippen molar-refractivity contribution in [3.63, 3.8) is 0 Å². The van der Waals surface area contributed by atoms with Gasteiger partial charge in [0.15, 0.2) is 9.84 Å². The van der Waals surface area contributed by atoms with Gasteiger partial charge in [-0.3, -0.25) is 4.79 Å². The lowest BCUT2D eigenvalue weighted by molar-refractivity contribution is -0.137. The molecule has 6 heteroatoms. The topological polar surface area (TPSA) is 60.4 Å². The molecule has 108 valence electrons. The van der Waals surface area contributed by atoms with Crippen LogP contribution in [0.1, 0.15) is 44.9 Å². The summed E-state index contributed by atoms with van der Waals surface area (Å²) in [6.45, 7) is 0. The molecule has 0 aliphatic carbocycles. The van der Waals surface area contributed by atoms with Gasteiger partial charge in [-0.2, -0.15) is 0 Å². The summed E-state index contributed by atoms with van der Waals surface area (Å²) in [7, 11) is -2.08. The van der Waals surface area contributed by atoms with Gasteiger partial charge >= 0.3 is 5.97 Å². The third kappa shape index (κ3) is 11.0. The minimum Gasteiger partial charge on any atom is -0.468 e. The van der Waals surface area contributed by atoms with E-state index >= 15 is 0 Å². The van der Waals surface area contributed by atoms with Gasteiger partial charge in [0.05, 0.1) is 12.9 Å². The van der Waals surface area contributed by atoms with Crippen molar-refractivity contribution < 1.29 is 17.9 Å². The lowest BCUT2D eigenvalue weighted by Gasteiger charge is -2.03. The molecule has 0 fully saturated rings. The first-order valence-electron chi connectivity index (χ1n) is 6.35. The Hall–Kier alpha value is -0.100. The number of ether oxygens (including phenoxy) is 1. The summed E-state index contributed by atoms with van der Waals surface area (Å²) < 4.78 is 27.3. The highest BCUT2D eigenvalue weighted by atomic mass is 79.9. The fourth-order valence-electron chi connectivity index (χ4n) is 1.61. The first-order valence-corrected chi connectivity index (χ1v) is 9.29. The Kier molecular flexibility index (Phi) is 10.7. The van der Waals surface area contributed by atoms with Crippen LogP contribution in [0.3, 0.4) is 0 Å². The van der Waals surface area contributed by atoms with Gasteiger partial charge in [-0.15, -0.1) is 0 Å². The molecule has 18 heavy (non-hydrogen) atoms. The van der Waals surface area contributed by atoms with E-state index in [0.29, 0.717) is 6.42 Å². The maximum Gasteiger partial charge on any atom is 0.320 e. The van der Waals surface area contributed by atoms with Gasteiger partial charge in [0, 0.05) is 5.33 Å². The Labute approximate surface area is 119 Å². The van der Waals surface area contributed by atoms with E-state index < -0.39 is 21.6 Å². The predicted molar refractivity (Wildman–Crippen MR) is 76.8 cm³/mol. The molecule has 0 unspecified atom stereocenters. The average molecular weight is 343 g/mol. The first-order chi connectivity index (χ1) is 8.52. The van der Waals surface area contributed by atoms with E-state index in [0.717, 1.165) is 24.6 Å². The van der Waals surface area contributed by atoms with E-state index in [1.54, 1.807) is 0 Å². The van der Waals surface area contributed by atoms with Gasteiger partial charge in [-0.25, -0.2) is 8.42 Å². The number of carbonyl (C=O) groups excluding carboxylic acids is 1. The maximum absolute atomic E-state index is 11.5. The fourth-order valence-corrected chi connectivity index (χ4v) is 3.27. The van der Waals surface area contributed by atoms with E-state index in [1.165, 1.54) is 26.4 Å². The second kappa shape index (κ2) is 10.8. The standard InChI is InChI=1S/C12H23BrO4S/c1-17-12(14)11-18(15,16)10-8-6-4-2-3-5-7-9-13/h2-11H2,1H3. The third-order valence-corrected chi connectivity index (χ3v) is 4.80. The Morgan fingerprint density at radius 2 is 1.50 bits per heavy atom. The second-order valence-electron chi connectivity index (χ2n) is 4.33. The van der Waals surface area contributed by atoms with Gasteiger partial charge in [0.2, 0.25) is 0 Å². The molecule has 0 N–H and O–H groups in total. The highest BCUT2D eigenvalue weighted by Crippen LogP contribution is 2.09. The Morgan fingerprint density at radius 3 is 2.00 bits per heavy atom.